The van der Waals surface area contributed by atoms with Crippen molar-refractivity contribution in [1.82, 2.24) is 10.2 Å². The molecule has 142 valence electrons. The van der Waals surface area contributed by atoms with E-state index in [0.717, 1.165) is 0 Å². The van der Waals surface area contributed by atoms with Crippen molar-refractivity contribution in [3.05, 3.63) is 70.3 Å². The molecular formula is C23H34N2O. The third kappa shape index (κ3) is 7.01. The number of likely N-dealkylation sites (N-methyl/N-ethyl adjacent to an activating group) is 2. The average molecular weight is 355 g/mol. The van der Waals surface area contributed by atoms with Gasteiger partial charge in [0, 0.05) is 12.6 Å². The fourth-order valence-electron chi connectivity index (χ4n) is 2.85. The Bertz CT molecular complexity index is 672. The van der Waals surface area contributed by atoms with E-state index in [1.54, 1.807) is 0 Å². The number of amides is 1. The summed E-state index contributed by atoms with van der Waals surface area (Å²) in [7, 11) is 1.97. The predicted molar refractivity (Wildman–Crippen MR) is 112 cm³/mol. The van der Waals surface area contributed by atoms with Crippen LogP contribution in [0.4, 0.5) is 0 Å². The normalized spacial score (nSPS) is 11.5. The first-order valence-corrected chi connectivity index (χ1v) is 9.32. The van der Waals surface area contributed by atoms with Crippen LogP contribution in [0.3, 0.4) is 0 Å². The van der Waals surface area contributed by atoms with Gasteiger partial charge in [0.2, 0.25) is 5.91 Å². The minimum atomic E-state index is 0.0766. The fourth-order valence-corrected chi connectivity index (χ4v) is 2.85. The van der Waals surface area contributed by atoms with Crippen LogP contribution in [-0.2, 0) is 4.79 Å². The molecule has 0 spiro atoms. The topological polar surface area (TPSA) is 32.3 Å². The molecule has 0 unspecified atom stereocenters. The molecule has 0 aliphatic heterocycles. The van der Waals surface area contributed by atoms with Crippen LogP contribution in [0.1, 0.15) is 47.7 Å². The molecule has 0 aliphatic carbocycles. The maximum Gasteiger partial charge on any atom is 0.234 e. The van der Waals surface area contributed by atoms with Crippen molar-refractivity contribution >= 4 is 5.91 Å². The highest BCUT2D eigenvalue weighted by atomic mass is 16.2. The Balaban J connectivity index is 0.000000289. The van der Waals surface area contributed by atoms with Crippen molar-refractivity contribution in [2.75, 3.05) is 20.1 Å². The Labute approximate surface area is 159 Å². The molecule has 0 bridgehead atoms. The minimum Gasteiger partial charge on any atom is -0.355 e. The second-order valence-electron chi connectivity index (χ2n) is 6.98. The van der Waals surface area contributed by atoms with Gasteiger partial charge in [0.1, 0.15) is 0 Å². The number of nitrogens with one attached hydrogen (secondary N) is 1. The van der Waals surface area contributed by atoms with E-state index in [2.05, 4.69) is 64.2 Å². The number of rotatable bonds is 5. The number of carbonyl (C=O) groups excluding carboxylic acids is 1. The number of aryl methyl sites for hydroxylation is 3. The van der Waals surface area contributed by atoms with Gasteiger partial charge in [0.05, 0.1) is 6.54 Å². The summed E-state index contributed by atoms with van der Waals surface area (Å²) < 4.78 is 0. The molecule has 0 aromatic heterocycles. The molecule has 2 rings (SSSR count). The van der Waals surface area contributed by atoms with E-state index >= 15 is 0 Å². The molecule has 0 aliphatic rings. The third-order valence-corrected chi connectivity index (χ3v) is 4.78. The van der Waals surface area contributed by atoms with E-state index in [0.29, 0.717) is 13.1 Å². The van der Waals surface area contributed by atoms with Gasteiger partial charge in [0.25, 0.3) is 0 Å². The van der Waals surface area contributed by atoms with Crippen LogP contribution in [0, 0.1) is 27.7 Å². The Morgan fingerprint density at radius 3 is 2.08 bits per heavy atom. The van der Waals surface area contributed by atoms with Crippen LogP contribution in [0.15, 0.2) is 42.5 Å². The summed E-state index contributed by atoms with van der Waals surface area (Å²) >= 11 is 0. The molecule has 0 fully saturated rings. The lowest BCUT2D eigenvalue weighted by molar-refractivity contribution is -0.122. The molecule has 0 heterocycles. The number of nitrogens with zero attached hydrogens (tertiary/aromatic N) is 1. The highest BCUT2D eigenvalue weighted by Gasteiger charge is 2.13. The first-order valence-electron chi connectivity index (χ1n) is 9.32. The van der Waals surface area contributed by atoms with E-state index in [9.17, 15) is 4.79 Å². The molecule has 26 heavy (non-hydrogen) atoms. The summed E-state index contributed by atoms with van der Waals surface area (Å²) in [4.78, 5) is 13.5. The van der Waals surface area contributed by atoms with Crippen molar-refractivity contribution in [3.63, 3.8) is 0 Å². The lowest BCUT2D eigenvalue weighted by Gasteiger charge is -2.24. The molecule has 1 N–H and O–H groups in total. The van der Waals surface area contributed by atoms with Gasteiger partial charge in [0.15, 0.2) is 0 Å². The molecule has 2 aromatic rings. The van der Waals surface area contributed by atoms with Gasteiger partial charge in [-0.1, -0.05) is 48.0 Å². The maximum absolute atomic E-state index is 11.4. The molecule has 0 radical (unpaired) electrons. The number of carbonyl (C=O) groups is 1. The van der Waals surface area contributed by atoms with Crippen LogP contribution in [0.2, 0.25) is 0 Å². The number of hydrogen-bond donors (Lipinski definition) is 1. The van der Waals surface area contributed by atoms with Crippen LogP contribution >= 0.6 is 0 Å². The van der Waals surface area contributed by atoms with Gasteiger partial charge in [-0.3, -0.25) is 9.69 Å². The molecule has 3 nitrogen and oxygen atoms in total. The zero-order chi connectivity index (χ0) is 19.7. The monoisotopic (exact) mass is 354 g/mol. The molecule has 1 atom stereocenters. The smallest absolute Gasteiger partial charge is 0.234 e. The molecule has 2 aromatic carbocycles. The standard InChI is InChI=1S/C13H20N2O.C10H14/c1-4-14-13(16)10-15(3)11(2)12-8-6-5-7-9-12;1-7-5-8(2)10(4)9(3)6-7/h5-9,11H,4,10H2,1-3H3,(H,14,16);5-6H,1-4H3/t11-;/m1./s1. The second-order valence-corrected chi connectivity index (χ2v) is 6.98. The Morgan fingerprint density at radius 2 is 1.58 bits per heavy atom. The molecule has 0 saturated heterocycles. The summed E-state index contributed by atoms with van der Waals surface area (Å²) in [6.45, 7) is 13.8. The second kappa shape index (κ2) is 10.8. The molecular weight excluding hydrogens is 320 g/mol. The maximum atomic E-state index is 11.4. The lowest BCUT2D eigenvalue weighted by atomic mass is 10.0. The average Bonchev–Trinajstić information content (AvgIpc) is 2.60. The van der Waals surface area contributed by atoms with Gasteiger partial charge in [-0.2, -0.15) is 0 Å². The molecule has 0 saturated carbocycles. The SMILES string of the molecule is CCNC(=O)CN(C)[C@H](C)c1ccccc1.Cc1cc(C)c(C)c(C)c1. The number of hydrogen-bond acceptors (Lipinski definition) is 2. The van der Waals surface area contributed by atoms with E-state index in [4.69, 9.17) is 0 Å². The third-order valence-electron chi connectivity index (χ3n) is 4.78. The Hall–Kier alpha value is -2.13. The van der Waals surface area contributed by atoms with Crippen molar-refractivity contribution < 1.29 is 4.79 Å². The van der Waals surface area contributed by atoms with Crippen molar-refractivity contribution in [2.45, 2.75) is 47.6 Å². The summed E-state index contributed by atoms with van der Waals surface area (Å²) in [6, 6.07) is 14.9. The first-order chi connectivity index (χ1) is 12.3. The van der Waals surface area contributed by atoms with Gasteiger partial charge in [-0.05, 0) is 70.8 Å². The fraction of sp³-hybridized carbons (Fsp3) is 0.435. The summed E-state index contributed by atoms with van der Waals surface area (Å²) in [6.07, 6.45) is 0. The summed E-state index contributed by atoms with van der Waals surface area (Å²) in [5.41, 5.74) is 6.82. The van der Waals surface area contributed by atoms with E-state index in [1.807, 2.05) is 37.1 Å². The zero-order valence-electron chi connectivity index (χ0n) is 17.4. The summed E-state index contributed by atoms with van der Waals surface area (Å²) in [5.74, 6) is 0.0766. The van der Waals surface area contributed by atoms with E-state index in [1.165, 1.54) is 27.8 Å². The van der Waals surface area contributed by atoms with E-state index < -0.39 is 0 Å². The van der Waals surface area contributed by atoms with Gasteiger partial charge >= 0.3 is 0 Å². The van der Waals surface area contributed by atoms with Gasteiger partial charge < -0.3 is 5.32 Å². The van der Waals surface area contributed by atoms with Gasteiger partial charge in [-0.15, -0.1) is 0 Å². The van der Waals surface area contributed by atoms with Crippen LogP contribution in [0.25, 0.3) is 0 Å². The van der Waals surface area contributed by atoms with Crippen molar-refractivity contribution in [1.29, 1.82) is 0 Å². The Morgan fingerprint density at radius 1 is 1.04 bits per heavy atom. The van der Waals surface area contributed by atoms with Gasteiger partial charge in [-0.25, -0.2) is 0 Å². The first kappa shape index (κ1) is 21.9. The lowest BCUT2D eigenvalue weighted by Crippen LogP contribution is -2.36. The Kier molecular flexibility index (Phi) is 9.08. The zero-order valence-corrected chi connectivity index (χ0v) is 17.4. The van der Waals surface area contributed by atoms with Crippen molar-refractivity contribution in [2.24, 2.45) is 0 Å². The largest absolute Gasteiger partial charge is 0.355 e. The number of benzene rings is 2. The highest BCUT2D eigenvalue weighted by Crippen LogP contribution is 2.17. The van der Waals surface area contributed by atoms with Crippen molar-refractivity contribution in [3.8, 4) is 0 Å². The van der Waals surface area contributed by atoms with Crippen LogP contribution < -0.4 is 5.32 Å². The quantitative estimate of drug-likeness (QED) is 0.841. The predicted octanol–water partition coefficient (Wildman–Crippen LogP) is 4.74. The minimum absolute atomic E-state index is 0.0766. The summed E-state index contributed by atoms with van der Waals surface area (Å²) in [5, 5.41) is 2.80. The van der Waals surface area contributed by atoms with Crippen LogP contribution in [-0.4, -0.2) is 30.9 Å². The molecule has 1 amide bonds. The highest BCUT2D eigenvalue weighted by molar-refractivity contribution is 5.77. The van der Waals surface area contributed by atoms with Crippen LogP contribution in [0.5, 0.6) is 0 Å². The molecule has 3 heteroatoms. The van der Waals surface area contributed by atoms with E-state index in [-0.39, 0.29) is 11.9 Å².